The Morgan fingerprint density at radius 1 is 1.26 bits per heavy atom. The maximum absolute atomic E-state index is 12.3. The Kier molecular flexibility index (Phi) is 6.62. The zero-order valence-corrected chi connectivity index (χ0v) is 17.1. The number of anilines is 1. The van der Waals surface area contributed by atoms with Gasteiger partial charge < -0.3 is 9.73 Å². The van der Waals surface area contributed by atoms with Crippen LogP contribution >= 0.6 is 0 Å². The van der Waals surface area contributed by atoms with Gasteiger partial charge in [0.2, 0.25) is 15.9 Å². The highest BCUT2D eigenvalue weighted by Crippen LogP contribution is 2.27. The van der Waals surface area contributed by atoms with E-state index >= 15 is 0 Å². The number of carbonyl (C=O) groups is 1. The molecule has 0 aliphatic heterocycles. The van der Waals surface area contributed by atoms with Gasteiger partial charge in [0.25, 0.3) is 0 Å². The molecular weight excluding hydrogens is 364 g/mol. The number of sulfonamides is 1. The molecule has 0 saturated carbocycles. The molecule has 0 aliphatic carbocycles. The molecule has 2 rings (SSSR count). The molecule has 6 nitrogen and oxygen atoms in total. The van der Waals surface area contributed by atoms with Crippen LogP contribution < -0.4 is 5.32 Å². The van der Waals surface area contributed by atoms with Crippen molar-refractivity contribution in [2.75, 3.05) is 18.6 Å². The highest BCUT2D eigenvalue weighted by Gasteiger charge is 2.14. The minimum absolute atomic E-state index is 0.139. The van der Waals surface area contributed by atoms with Gasteiger partial charge in [-0.05, 0) is 42.2 Å². The molecule has 1 N–H and O–H groups in total. The average molecular weight is 391 g/mol. The summed E-state index contributed by atoms with van der Waals surface area (Å²) in [6.07, 6.45) is 4.10. The predicted molar refractivity (Wildman–Crippen MR) is 108 cm³/mol. The summed E-state index contributed by atoms with van der Waals surface area (Å²) < 4.78 is 29.7. The van der Waals surface area contributed by atoms with Gasteiger partial charge in [-0.1, -0.05) is 32.0 Å². The molecule has 0 unspecified atom stereocenters. The lowest BCUT2D eigenvalue weighted by atomic mass is 9.98. The Hall–Kier alpha value is -2.38. The first-order chi connectivity index (χ1) is 12.6. The van der Waals surface area contributed by atoms with E-state index in [1.165, 1.54) is 17.4 Å². The molecule has 1 aromatic carbocycles. The second kappa shape index (κ2) is 8.54. The number of carbonyl (C=O) groups excluding carboxylic acids is 1. The van der Waals surface area contributed by atoms with Gasteiger partial charge in [0.05, 0.1) is 12.8 Å². The summed E-state index contributed by atoms with van der Waals surface area (Å²) in [5.41, 5.74) is 2.92. The smallest absolute Gasteiger partial charge is 0.248 e. The van der Waals surface area contributed by atoms with E-state index in [2.05, 4.69) is 19.2 Å². The molecular formula is C20H26N2O4S. The van der Waals surface area contributed by atoms with Crippen LogP contribution in [0.5, 0.6) is 0 Å². The molecule has 0 spiro atoms. The Bertz CT molecular complexity index is 943. The van der Waals surface area contributed by atoms with Crippen molar-refractivity contribution in [3.8, 4) is 0 Å². The number of amides is 1. The fourth-order valence-electron chi connectivity index (χ4n) is 2.57. The summed E-state index contributed by atoms with van der Waals surface area (Å²) in [5.74, 6) is 1.03. The van der Waals surface area contributed by atoms with Crippen LogP contribution in [0.2, 0.25) is 0 Å². The van der Waals surface area contributed by atoms with Crippen molar-refractivity contribution < 1.29 is 17.6 Å². The number of para-hydroxylation sites is 1. The van der Waals surface area contributed by atoms with Crippen molar-refractivity contribution >= 4 is 27.7 Å². The number of hydrogen-bond donors (Lipinski definition) is 1. The third-order valence-electron chi connectivity index (χ3n) is 4.20. The van der Waals surface area contributed by atoms with Crippen molar-refractivity contribution in [2.45, 2.75) is 33.2 Å². The lowest BCUT2D eigenvalue weighted by Crippen LogP contribution is -2.24. The number of hydrogen-bond acceptors (Lipinski definition) is 4. The lowest BCUT2D eigenvalue weighted by molar-refractivity contribution is -0.111. The van der Waals surface area contributed by atoms with Crippen molar-refractivity contribution in [3.05, 3.63) is 59.1 Å². The summed E-state index contributed by atoms with van der Waals surface area (Å²) in [6.45, 7) is 6.26. The van der Waals surface area contributed by atoms with Crippen LogP contribution in [0.4, 0.5) is 5.69 Å². The number of aryl methyl sites for hydroxylation is 1. The third-order valence-corrected chi connectivity index (χ3v) is 5.46. The Morgan fingerprint density at radius 2 is 1.96 bits per heavy atom. The Labute approximate surface area is 160 Å². The second-order valence-corrected chi connectivity index (χ2v) is 8.93. The lowest BCUT2D eigenvalue weighted by Gasteiger charge is -2.15. The second-order valence-electron chi connectivity index (χ2n) is 6.84. The minimum atomic E-state index is -3.28. The summed E-state index contributed by atoms with van der Waals surface area (Å²) >= 11 is 0. The van der Waals surface area contributed by atoms with Crippen LogP contribution in [0, 0.1) is 6.92 Å². The van der Waals surface area contributed by atoms with E-state index < -0.39 is 10.0 Å². The van der Waals surface area contributed by atoms with E-state index in [1.807, 2.05) is 25.1 Å². The maximum atomic E-state index is 12.3. The average Bonchev–Trinajstić information content (AvgIpc) is 3.01. The van der Waals surface area contributed by atoms with Crippen molar-refractivity contribution in [3.63, 3.8) is 0 Å². The van der Waals surface area contributed by atoms with Gasteiger partial charge in [-0.3, -0.25) is 4.79 Å². The van der Waals surface area contributed by atoms with Crippen LogP contribution in [-0.2, 0) is 21.4 Å². The number of rotatable bonds is 7. The molecule has 27 heavy (non-hydrogen) atoms. The van der Waals surface area contributed by atoms with Gasteiger partial charge in [0.15, 0.2) is 0 Å². The van der Waals surface area contributed by atoms with Gasteiger partial charge >= 0.3 is 0 Å². The highest BCUT2D eigenvalue weighted by atomic mass is 32.2. The van der Waals surface area contributed by atoms with E-state index in [-0.39, 0.29) is 12.5 Å². The molecule has 0 bridgehead atoms. The fourth-order valence-corrected chi connectivity index (χ4v) is 2.93. The first-order valence-electron chi connectivity index (χ1n) is 8.66. The Morgan fingerprint density at radius 3 is 2.59 bits per heavy atom. The van der Waals surface area contributed by atoms with Crippen molar-refractivity contribution in [1.82, 2.24) is 4.31 Å². The quantitative estimate of drug-likeness (QED) is 0.730. The third kappa shape index (κ3) is 5.80. The molecule has 0 aliphatic rings. The fraction of sp³-hybridized carbons (Fsp3) is 0.350. The van der Waals surface area contributed by atoms with Gasteiger partial charge in [-0.15, -0.1) is 0 Å². The van der Waals surface area contributed by atoms with E-state index in [0.717, 1.165) is 23.1 Å². The largest absolute Gasteiger partial charge is 0.460 e. The summed E-state index contributed by atoms with van der Waals surface area (Å²) in [7, 11) is -1.79. The van der Waals surface area contributed by atoms with Gasteiger partial charge in [0.1, 0.15) is 11.5 Å². The van der Waals surface area contributed by atoms with E-state index in [4.69, 9.17) is 4.42 Å². The van der Waals surface area contributed by atoms with Crippen LogP contribution in [-0.4, -0.2) is 31.9 Å². The molecule has 7 heteroatoms. The van der Waals surface area contributed by atoms with Crippen LogP contribution in [0.3, 0.4) is 0 Å². The Balaban J connectivity index is 2.06. The highest BCUT2D eigenvalue weighted by molar-refractivity contribution is 7.88. The number of benzene rings is 1. The van der Waals surface area contributed by atoms with Crippen LogP contribution in [0.25, 0.3) is 6.08 Å². The zero-order valence-electron chi connectivity index (χ0n) is 16.3. The molecule has 2 aromatic rings. The monoisotopic (exact) mass is 390 g/mol. The topological polar surface area (TPSA) is 79.6 Å². The zero-order chi connectivity index (χ0) is 20.2. The maximum Gasteiger partial charge on any atom is 0.248 e. The van der Waals surface area contributed by atoms with Crippen LogP contribution in [0.1, 0.15) is 42.4 Å². The van der Waals surface area contributed by atoms with Crippen molar-refractivity contribution in [1.29, 1.82) is 0 Å². The molecule has 0 radical (unpaired) electrons. The number of nitrogens with zero attached hydrogens (tertiary/aromatic N) is 1. The molecule has 0 atom stereocenters. The van der Waals surface area contributed by atoms with Gasteiger partial charge in [-0.2, -0.15) is 4.31 Å². The molecule has 0 fully saturated rings. The normalized spacial score (nSPS) is 12.3. The molecule has 146 valence electrons. The summed E-state index contributed by atoms with van der Waals surface area (Å²) in [4.78, 5) is 12.3. The van der Waals surface area contributed by atoms with E-state index in [9.17, 15) is 13.2 Å². The van der Waals surface area contributed by atoms with E-state index in [1.54, 1.807) is 18.2 Å². The summed E-state index contributed by atoms with van der Waals surface area (Å²) in [6, 6.07) is 9.34. The van der Waals surface area contributed by atoms with Gasteiger partial charge in [0, 0.05) is 18.8 Å². The summed E-state index contributed by atoms with van der Waals surface area (Å²) in [5, 5.41) is 2.93. The van der Waals surface area contributed by atoms with Gasteiger partial charge in [-0.25, -0.2) is 8.42 Å². The number of furan rings is 1. The minimum Gasteiger partial charge on any atom is -0.460 e. The van der Waals surface area contributed by atoms with Crippen molar-refractivity contribution in [2.24, 2.45) is 0 Å². The molecule has 1 aromatic heterocycles. The first kappa shape index (κ1) is 20.9. The first-order valence-corrected chi connectivity index (χ1v) is 10.5. The van der Waals surface area contributed by atoms with Crippen LogP contribution in [0.15, 0.2) is 40.8 Å². The standard InChI is InChI=1S/C20H26N2O4S/c1-14(2)18-8-6-7-15(3)20(18)21-19(23)12-11-16-9-10-17(26-16)13-22(4)27(5,24)25/h6-12,14H,13H2,1-5H3,(H,21,23)/b12-11+. The molecule has 1 amide bonds. The van der Waals surface area contributed by atoms with E-state index in [0.29, 0.717) is 17.4 Å². The predicted octanol–water partition coefficient (Wildman–Crippen LogP) is 3.75. The SMILES string of the molecule is Cc1cccc(C(C)C)c1NC(=O)/C=C/c1ccc(CN(C)S(C)(=O)=O)o1. The molecule has 0 saturated heterocycles. The number of nitrogens with one attached hydrogen (secondary N) is 1. The molecule has 1 heterocycles.